The van der Waals surface area contributed by atoms with Gasteiger partial charge in [0.15, 0.2) is 22.4 Å². The van der Waals surface area contributed by atoms with Crippen molar-refractivity contribution < 1.29 is 14.6 Å². The summed E-state index contributed by atoms with van der Waals surface area (Å²) in [6, 6.07) is 5.73. The zero-order valence-electron chi connectivity index (χ0n) is 7.56. The molecule has 3 nitrogen and oxygen atoms in total. The Labute approximate surface area is 90.1 Å². The number of aryl methyl sites for hydroxylation is 1. The lowest BCUT2D eigenvalue weighted by atomic mass is 10.0. The van der Waals surface area contributed by atoms with E-state index in [9.17, 15) is 4.79 Å². The van der Waals surface area contributed by atoms with Gasteiger partial charge in [-0.15, -0.1) is 4.43 Å². The van der Waals surface area contributed by atoms with Crippen LogP contribution in [0.5, 0.6) is 5.75 Å². The maximum Gasteiger partial charge on any atom is 0.344 e. The Kier molecular flexibility index (Phi) is 2.49. The Balaban J connectivity index is 2.27. The number of hydrogen-bond donors (Lipinski definition) is 1. The molecule has 2 rings (SSSR count). The first-order valence-electron chi connectivity index (χ1n) is 4.44. The van der Waals surface area contributed by atoms with Crippen molar-refractivity contribution >= 4 is 26.7 Å². The van der Waals surface area contributed by atoms with Gasteiger partial charge in [-0.2, -0.15) is 0 Å². The molecule has 0 saturated heterocycles. The van der Waals surface area contributed by atoms with E-state index < -0.39 is 12.1 Å². The van der Waals surface area contributed by atoms with E-state index >= 15 is 0 Å². The summed E-state index contributed by atoms with van der Waals surface area (Å²) in [5, 5.41) is 8.79. The van der Waals surface area contributed by atoms with E-state index in [1.807, 2.05) is 18.2 Å². The molecular formula is C10H9AlO3. The average Bonchev–Trinajstić information content (AvgIpc) is 2.16. The fraction of sp³-hybridized carbons (Fsp3) is 0.300. The van der Waals surface area contributed by atoms with E-state index in [1.165, 1.54) is 0 Å². The van der Waals surface area contributed by atoms with Crippen LogP contribution in [0.2, 0.25) is 0 Å². The van der Waals surface area contributed by atoms with Crippen molar-refractivity contribution in [3.63, 3.8) is 0 Å². The molecule has 0 saturated carbocycles. The first-order valence-corrected chi connectivity index (χ1v) is 5.02. The van der Waals surface area contributed by atoms with E-state index in [1.54, 1.807) is 0 Å². The van der Waals surface area contributed by atoms with Gasteiger partial charge in [-0.05, 0) is 24.5 Å². The molecule has 0 amide bonds. The standard InChI is InChI=1S/C10H9O3.Al/c11-10(12)9-6-5-7-3-1-2-4-8(7)13-9;/h2-4,9H,5-6H2,(H,11,12);. The molecule has 0 aromatic heterocycles. The van der Waals surface area contributed by atoms with Gasteiger partial charge in [-0.3, -0.25) is 0 Å². The largest absolute Gasteiger partial charge is 0.479 e. The number of benzene rings is 1. The molecule has 0 spiro atoms. The minimum Gasteiger partial charge on any atom is -0.479 e. The lowest BCUT2D eigenvalue weighted by Gasteiger charge is -2.23. The Morgan fingerprint density at radius 1 is 1.57 bits per heavy atom. The molecule has 1 unspecified atom stereocenters. The molecule has 1 aliphatic rings. The summed E-state index contributed by atoms with van der Waals surface area (Å²) < 4.78 is 6.44. The van der Waals surface area contributed by atoms with Crippen molar-refractivity contribution in [2.75, 3.05) is 0 Å². The summed E-state index contributed by atoms with van der Waals surface area (Å²) in [6.07, 6.45) is 0.642. The van der Waals surface area contributed by atoms with Crippen LogP contribution in [-0.4, -0.2) is 33.5 Å². The first-order chi connectivity index (χ1) is 6.66. The summed E-state index contributed by atoms with van der Waals surface area (Å²) in [7, 11) is 0. The lowest BCUT2D eigenvalue weighted by Crippen LogP contribution is -2.31. The van der Waals surface area contributed by atoms with Crippen LogP contribution in [0.25, 0.3) is 0 Å². The number of aliphatic carboxylic acids is 1. The zero-order chi connectivity index (χ0) is 10.1. The second kappa shape index (κ2) is 3.64. The molecule has 1 aromatic rings. The number of fused-ring (bicyclic) bond motifs is 1. The van der Waals surface area contributed by atoms with Crippen LogP contribution < -0.4 is 9.16 Å². The van der Waals surface area contributed by atoms with Crippen molar-refractivity contribution in [2.24, 2.45) is 0 Å². The molecule has 70 valence electrons. The second-order valence-electron chi connectivity index (χ2n) is 3.35. The lowest BCUT2D eigenvalue weighted by molar-refractivity contribution is -0.145. The Hall–Kier alpha value is -0.978. The van der Waals surface area contributed by atoms with Crippen LogP contribution in [0.3, 0.4) is 0 Å². The van der Waals surface area contributed by atoms with Crippen molar-refractivity contribution in [1.29, 1.82) is 0 Å². The quantitative estimate of drug-likeness (QED) is 0.667. The minimum absolute atomic E-state index is 0.552. The van der Waals surface area contributed by atoms with Crippen LogP contribution in [0.4, 0.5) is 0 Å². The predicted molar refractivity (Wildman–Crippen MR) is 52.2 cm³/mol. The first kappa shape index (κ1) is 9.57. The highest BCUT2D eigenvalue weighted by Crippen LogP contribution is 2.26. The molecule has 1 N–H and O–H groups in total. The molecule has 4 heteroatoms. The van der Waals surface area contributed by atoms with Crippen molar-refractivity contribution in [1.82, 2.24) is 0 Å². The number of rotatable bonds is 1. The molecule has 0 fully saturated rings. The van der Waals surface area contributed by atoms with E-state index in [2.05, 4.69) is 16.3 Å². The third-order valence-corrected chi connectivity index (χ3v) is 2.66. The van der Waals surface area contributed by atoms with Crippen LogP contribution in [0.1, 0.15) is 12.0 Å². The number of ether oxygens (including phenoxy) is 1. The monoisotopic (exact) mass is 204 g/mol. The molecule has 0 bridgehead atoms. The number of hydrogen-bond acceptors (Lipinski definition) is 2. The van der Waals surface area contributed by atoms with Crippen molar-refractivity contribution in [3.05, 3.63) is 23.8 Å². The topological polar surface area (TPSA) is 46.5 Å². The predicted octanol–water partition coefficient (Wildman–Crippen LogP) is 0.259. The van der Waals surface area contributed by atoms with Gasteiger partial charge in [0.05, 0.1) is 0 Å². The molecule has 1 atom stereocenters. The SMILES string of the molecule is O=C(O)C1CCc2c[c]([Al])ccc2O1. The normalized spacial score (nSPS) is 19.6. The van der Waals surface area contributed by atoms with Gasteiger partial charge in [0.25, 0.3) is 0 Å². The van der Waals surface area contributed by atoms with E-state index in [4.69, 9.17) is 9.84 Å². The second-order valence-corrected chi connectivity index (χ2v) is 4.02. The molecular weight excluding hydrogens is 195 g/mol. The van der Waals surface area contributed by atoms with Crippen molar-refractivity contribution in [3.8, 4) is 5.75 Å². The van der Waals surface area contributed by atoms with E-state index in [0.717, 1.165) is 16.4 Å². The highest BCUT2D eigenvalue weighted by molar-refractivity contribution is 6.32. The smallest absolute Gasteiger partial charge is 0.344 e. The zero-order valence-corrected chi connectivity index (χ0v) is 8.72. The molecule has 1 heterocycles. The average molecular weight is 204 g/mol. The molecule has 14 heavy (non-hydrogen) atoms. The van der Waals surface area contributed by atoms with Crippen LogP contribution >= 0.6 is 0 Å². The van der Waals surface area contributed by atoms with E-state index in [0.29, 0.717) is 12.2 Å². The highest BCUT2D eigenvalue weighted by atomic mass is 27.0. The molecule has 0 aliphatic carbocycles. The third kappa shape index (κ3) is 1.77. The summed E-state index contributed by atoms with van der Waals surface area (Å²) in [6.45, 7) is 0. The molecule has 2 radical (unpaired) electrons. The van der Waals surface area contributed by atoms with Gasteiger partial charge in [-0.25, -0.2) is 4.79 Å². The highest BCUT2D eigenvalue weighted by Gasteiger charge is 2.25. The van der Waals surface area contributed by atoms with Gasteiger partial charge >= 0.3 is 5.97 Å². The molecule has 1 aromatic carbocycles. The maximum absolute atomic E-state index is 10.7. The summed E-state index contributed by atoms with van der Waals surface area (Å²) in [5.74, 6) is -0.180. The van der Waals surface area contributed by atoms with Crippen molar-refractivity contribution in [2.45, 2.75) is 18.9 Å². The van der Waals surface area contributed by atoms with Crippen LogP contribution in [0.15, 0.2) is 18.2 Å². The number of carbonyl (C=O) groups is 1. The number of carboxylic acid groups (broad SMARTS) is 1. The Morgan fingerprint density at radius 2 is 2.36 bits per heavy atom. The fourth-order valence-corrected chi connectivity index (χ4v) is 1.88. The summed E-state index contributed by atoms with van der Waals surface area (Å²) in [4.78, 5) is 10.7. The maximum atomic E-state index is 10.7. The van der Waals surface area contributed by atoms with Gasteiger partial charge in [0.1, 0.15) is 5.75 Å². The van der Waals surface area contributed by atoms with E-state index in [-0.39, 0.29) is 0 Å². The minimum atomic E-state index is -0.884. The summed E-state index contributed by atoms with van der Waals surface area (Å²) in [5.41, 5.74) is 1.09. The third-order valence-electron chi connectivity index (χ3n) is 2.31. The Bertz CT molecular complexity index is 376. The van der Waals surface area contributed by atoms with Crippen LogP contribution in [-0.2, 0) is 11.2 Å². The summed E-state index contributed by atoms with van der Waals surface area (Å²) >= 11 is 2.62. The Morgan fingerprint density at radius 3 is 3.07 bits per heavy atom. The number of carboxylic acids is 1. The fourth-order valence-electron chi connectivity index (χ4n) is 1.58. The van der Waals surface area contributed by atoms with Gasteiger partial charge < -0.3 is 9.84 Å². The van der Waals surface area contributed by atoms with Gasteiger partial charge in [0, 0.05) is 0 Å². The van der Waals surface area contributed by atoms with Gasteiger partial charge in [-0.1, -0.05) is 12.1 Å². The molecule has 1 aliphatic heterocycles. The van der Waals surface area contributed by atoms with Gasteiger partial charge in [0.2, 0.25) is 0 Å². The van der Waals surface area contributed by atoms with Crippen LogP contribution in [0, 0.1) is 0 Å².